The Morgan fingerprint density at radius 1 is 1.57 bits per heavy atom. The number of aromatic nitrogens is 3. The molecule has 1 aliphatic heterocycles. The normalized spacial score (nSPS) is 18.7. The summed E-state index contributed by atoms with van der Waals surface area (Å²) >= 11 is 4.44. The topological polar surface area (TPSA) is 76.9 Å². The molecule has 0 saturated heterocycles. The smallest absolute Gasteiger partial charge is 0.267 e. The zero-order valence-corrected chi connectivity index (χ0v) is 14.6. The first kappa shape index (κ1) is 15.1. The van der Waals surface area contributed by atoms with Crippen LogP contribution >= 0.6 is 27.3 Å². The molecule has 3 rings (SSSR count). The molecule has 9 heteroatoms. The number of sulfonamides is 1. The lowest BCUT2D eigenvalue weighted by molar-refractivity contribution is 0.363. The number of halogens is 1. The first-order valence-corrected chi connectivity index (χ1v) is 9.67. The minimum absolute atomic E-state index is 0.117. The Hall–Kier alpha value is -0.770. The van der Waals surface area contributed by atoms with E-state index in [0.29, 0.717) is 12.2 Å². The van der Waals surface area contributed by atoms with Crippen molar-refractivity contribution in [3.8, 4) is 0 Å². The predicted molar refractivity (Wildman–Crippen MR) is 83.8 cm³/mol. The lowest BCUT2D eigenvalue weighted by Crippen LogP contribution is -2.33. The number of aryl methyl sites for hydroxylation is 2. The summed E-state index contributed by atoms with van der Waals surface area (Å²) in [4.78, 5) is 8.35. The largest absolute Gasteiger partial charge is 0.335 e. The number of thiazole rings is 1. The third kappa shape index (κ3) is 3.20. The molecule has 114 valence electrons. The first-order valence-electron chi connectivity index (χ1n) is 6.58. The summed E-state index contributed by atoms with van der Waals surface area (Å²) in [5, 5.41) is 0. The number of hydrogen-bond donors (Lipinski definition) is 1. The van der Waals surface area contributed by atoms with E-state index in [1.165, 1.54) is 0 Å². The monoisotopic (exact) mass is 390 g/mol. The lowest BCUT2D eigenvalue weighted by Gasteiger charge is -2.23. The molecule has 0 aromatic carbocycles. The van der Waals surface area contributed by atoms with Crippen LogP contribution in [0.4, 0.5) is 0 Å². The van der Waals surface area contributed by atoms with E-state index in [-0.39, 0.29) is 10.3 Å². The van der Waals surface area contributed by atoms with Gasteiger partial charge in [-0.05, 0) is 35.2 Å². The summed E-state index contributed by atoms with van der Waals surface area (Å²) in [6.07, 6.45) is 5.57. The molecule has 0 unspecified atom stereocenters. The van der Waals surface area contributed by atoms with E-state index in [9.17, 15) is 8.42 Å². The standard InChI is InChI=1S/C12H15BrN4O2S2/c1-8-11(13)20-12(16-8)21(18,19)15-6-9-2-3-10-14-4-5-17(10)7-9/h4-5,9,15H,2-3,6-7H2,1H3/t9-/m1/s1. The van der Waals surface area contributed by atoms with Crippen LogP contribution in [0.25, 0.3) is 0 Å². The molecule has 0 saturated carbocycles. The number of nitrogens with one attached hydrogen (secondary N) is 1. The van der Waals surface area contributed by atoms with Gasteiger partial charge in [0.25, 0.3) is 10.0 Å². The van der Waals surface area contributed by atoms with E-state index in [1.807, 2.05) is 6.20 Å². The first-order chi connectivity index (χ1) is 9.95. The van der Waals surface area contributed by atoms with Gasteiger partial charge in [-0.1, -0.05) is 11.3 Å². The molecular weight excluding hydrogens is 376 g/mol. The minimum Gasteiger partial charge on any atom is -0.335 e. The highest BCUT2D eigenvalue weighted by Crippen LogP contribution is 2.27. The van der Waals surface area contributed by atoms with Crippen molar-refractivity contribution < 1.29 is 8.42 Å². The van der Waals surface area contributed by atoms with Crippen LogP contribution in [-0.4, -0.2) is 29.5 Å². The molecule has 0 spiro atoms. The maximum atomic E-state index is 12.2. The molecular formula is C12H15BrN4O2S2. The van der Waals surface area contributed by atoms with Gasteiger partial charge in [0, 0.05) is 31.9 Å². The molecule has 6 nitrogen and oxygen atoms in total. The molecule has 0 amide bonds. The Morgan fingerprint density at radius 2 is 2.38 bits per heavy atom. The van der Waals surface area contributed by atoms with Gasteiger partial charge in [0.1, 0.15) is 5.82 Å². The van der Waals surface area contributed by atoms with E-state index in [4.69, 9.17) is 0 Å². The third-order valence-electron chi connectivity index (χ3n) is 3.55. The van der Waals surface area contributed by atoms with Crippen LogP contribution < -0.4 is 4.72 Å². The highest BCUT2D eigenvalue weighted by atomic mass is 79.9. The highest BCUT2D eigenvalue weighted by molar-refractivity contribution is 9.11. The van der Waals surface area contributed by atoms with Crippen LogP contribution in [0.3, 0.4) is 0 Å². The molecule has 2 aromatic rings. The highest BCUT2D eigenvalue weighted by Gasteiger charge is 2.24. The fourth-order valence-corrected chi connectivity index (χ4v) is 5.46. The summed E-state index contributed by atoms with van der Waals surface area (Å²) in [5.74, 6) is 1.36. The number of hydrogen-bond acceptors (Lipinski definition) is 5. The Balaban J connectivity index is 1.65. The van der Waals surface area contributed by atoms with Crippen LogP contribution in [0.5, 0.6) is 0 Å². The molecule has 1 atom stereocenters. The van der Waals surface area contributed by atoms with Gasteiger partial charge in [0.2, 0.25) is 4.34 Å². The molecule has 21 heavy (non-hydrogen) atoms. The quantitative estimate of drug-likeness (QED) is 0.865. The summed E-state index contributed by atoms with van der Waals surface area (Å²) in [7, 11) is -3.52. The number of fused-ring (bicyclic) bond motifs is 1. The second-order valence-electron chi connectivity index (χ2n) is 5.09. The van der Waals surface area contributed by atoms with Crippen molar-refractivity contribution in [3.05, 3.63) is 27.7 Å². The van der Waals surface area contributed by atoms with Crippen molar-refractivity contribution in [1.82, 2.24) is 19.3 Å². The van der Waals surface area contributed by atoms with Crippen molar-refractivity contribution in [2.24, 2.45) is 5.92 Å². The number of rotatable bonds is 4. The molecule has 0 radical (unpaired) electrons. The average molecular weight is 391 g/mol. The summed E-state index contributed by atoms with van der Waals surface area (Å²) in [5.41, 5.74) is 0.695. The van der Waals surface area contributed by atoms with E-state index in [2.05, 4.69) is 35.2 Å². The Labute approximate surface area is 135 Å². The molecule has 0 bridgehead atoms. The van der Waals surface area contributed by atoms with E-state index in [0.717, 1.165) is 40.3 Å². The van der Waals surface area contributed by atoms with Crippen molar-refractivity contribution >= 4 is 37.3 Å². The fraction of sp³-hybridized carbons (Fsp3) is 0.500. The van der Waals surface area contributed by atoms with Gasteiger partial charge in [-0.2, -0.15) is 0 Å². The Kier molecular flexibility index (Phi) is 4.17. The molecule has 1 N–H and O–H groups in total. The molecule has 2 aromatic heterocycles. The van der Waals surface area contributed by atoms with Crippen molar-refractivity contribution in [2.75, 3.05) is 6.54 Å². The SMILES string of the molecule is Cc1nc(S(=O)(=O)NC[C@H]2CCc3nccn3C2)sc1Br. The Morgan fingerprint density at radius 3 is 3.10 bits per heavy atom. The van der Waals surface area contributed by atoms with Gasteiger partial charge in [0.05, 0.1) is 9.48 Å². The van der Waals surface area contributed by atoms with Crippen LogP contribution in [0.1, 0.15) is 17.9 Å². The van der Waals surface area contributed by atoms with Gasteiger partial charge in [-0.25, -0.2) is 23.1 Å². The second kappa shape index (κ2) is 5.79. The summed E-state index contributed by atoms with van der Waals surface area (Å²) < 4.78 is 30.1. The van der Waals surface area contributed by atoms with Crippen LogP contribution in [-0.2, 0) is 23.0 Å². The fourth-order valence-electron chi connectivity index (χ4n) is 2.36. The van der Waals surface area contributed by atoms with Gasteiger partial charge in [-0.15, -0.1) is 0 Å². The minimum atomic E-state index is -3.52. The average Bonchev–Trinajstić information content (AvgIpc) is 3.04. The molecule has 0 aliphatic carbocycles. The van der Waals surface area contributed by atoms with Gasteiger partial charge >= 0.3 is 0 Å². The van der Waals surface area contributed by atoms with Crippen molar-refractivity contribution in [2.45, 2.75) is 30.6 Å². The van der Waals surface area contributed by atoms with Crippen LogP contribution in [0.15, 0.2) is 20.5 Å². The lowest BCUT2D eigenvalue weighted by atomic mass is 10.00. The third-order valence-corrected chi connectivity index (χ3v) is 7.35. The number of nitrogens with zero attached hydrogens (tertiary/aromatic N) is 3. The zero-order chi connectivity index (χ0) is 15.0. The summed E-state index contributed by atoms with van der Waals surface area (Å²) in [6, 6.07) is 0. The predicted octanol–water partition coefficient (Wildman–Crippen LogP) is 1.95. The van der Waals surface area contributed by atoms with E-state index < -0.39 is 10.0 Å². The van der Waals surface area contributed by atoms with Gasteiger partial charge in [-0.3, -0.25) is 0 Å². The summed E-state index contributed by atoms with van der Waals surface area (Å²) in [6.45, 7) is 3.01. The van der Waals surface area contributed by atoms with Crippen LogP contribution in [0.2, 0.25) is 0 Å². The maximum Gasteiger partial charge on any atom is 0.267 e. The van der Waals surface area contributed by atoms with Crippen molar-refractivity contribution in [1.29, 1.82) is 0 Å². The van der Waals surface area contributed by atoms with Crippen LogP contribution in [0, 0.1) is 12.8 Å². The van der Waals surface area contributed by atoms with Gasteiger partial charge < -0.3 is 4.57 Å². The Bertz CT molecular complexity index is 734. The molecule has 1 aliphatic rings. The molecule has 3 heterocycles. The molecule has 0 fully saturated rings. The zero-order valence-electron chi connectivity index (χ0n) is 11.4. The van der Waals surface area contributed by atoms with E-state index in [1.54, 1.807) is 13.1 Å². The number of imidazole rings is 1. The van der Waals surface area contributed by atoms with Crippen molar-refractivity contribution in [3.63, 3.8) is 0 Å². The van der Waals surface area contributed by atoms with E-state index >= 15 is 0 Å². The maximum absolute atomic E-state index is 12.2. The van der Waals surface area contributed by atoms with Gasteiger partial charge in [0.15, 0.2) is 0 Å². The second-order valence-corrected chi connectivity index (χ2v) is 9.35.